The number of pyridine rings is 1. The van der Waals surface area contributed by atoms with Gasteiger partial charge in [0.2, 0.25) is 0 Å². The summed E-state index contributed by atoms with van der Waals surface area (Å²) in [5.74, 6) is -0.312. The third-order valence-corrected chi connectivity index (χ3v) is 3.30. The fourth-order valence-corrected chi connectivity index (χ4v) is 2.35. The van der Waals surface area contributed by atoms with Crippen LogP contribution < -0.4 is 0 Å². The first-order chi connectivity index (χ1) is 8.24. The molecule has 0 aromatic carbocycles. The fraction of sp³-hybridized carbons (Fsp3) is 0.538. The molecule has 0 aliphatic carbocycles. The number of hydrogen-bond acceptors (Lipinski definition) is 3. The maximum Gasteiger partial charge on any atom is 0.303 e. The highest BCUT2D eigenvalue weighted by atomic mass is 16.4. The van der Waals surface area contributed by atoms with Gasteiger partial charge in [-0.3, -0.25) is 14.7 Å². The summed E-state index contributed by atoms with van der Waals surface area (Å²) in [6.07, 6.45) is 5.98. The molecule has 0 spiro atoms. The number of piperidine rings is 1. The van der Waals surface area contributed by atoms with Crippen molar-refractivity contribution in [3.05, 3.63) is 30.1 Å². The molecule has 2 heterocycles. The first-order valence-electron chi connectivity index (χ1n) is 6.07. The quantitative estimate of drug-likeness (QED) is 0.862. The Bertz CT molecular complexity index is 359. The molecule has 1 aromatic rings. The molecular weight excluding hydrogens is 216 g/mol. The number of rotatable bonds is 4. The lowest BCUT2D eigenvalue weighted by molar-refractivity contribution is -0.138. The molecule has 1 aliphatic rings. The fourth-order valence-electron chi connectivity index (χ4n) is 2.35. The number of carboxylic acid groups (broad SMARTS) is 1. The summed E-state index contributed by atoms with van der Waals surface area (Å²) in [6, 6.07) is 4.03. The van der Waals surface area contributed by atoms with Gasteiger partial charge in [-0.1, -0.05) is 6.07 Å². The van der Waals surface area contributed by atoms with Crippen LogP contribution in [0.1, 0.15) is 24.8 Å². The topological polar surface area (TPSA) is 53.4 Å². The minimum atomic E-state index is -0.671. The van der Waals surface area contributed by atoms with Crippen molar-refractivity contribution in [1.82, 2.24) is 9.88 Å². The third-order valence-electron chi connectivity index (χ3n) is 3.30. The van der Waals surface area contributed by atoms with Crippen LogP contribution in [-0.2, 0) is 11.3 Å². The molecule has 2 rings (SSSR count). The smallest absolute Gasteiger partial charge is 0.303 e. The monoisotopic (exact) mass is 234 g/mol. The van der Waals surface area contributed by atoms with Gasteiger partial charge in [-0.05, 0) is 43.5 Å². The van der Waals surface area contributed by atoms with Gasteiger partial charge in [0.15, 0.2) is 0 Å². The number of carbonyl (C=O) groups is 1. The lowest BCUT2D eigenvalue weighted by Crippen LogP contribution is -2.33. The van der Waals surface area contributed by atoms with Crippen LogP contribution in [0.15, 0.2) is 24.5 Å². The lowest BCUT2D eigenvalue weighted by Gasteiger charge is -2.31. The highest BCUT2D eigenvalue weighted by Gasteiger charge is 2.21. The van der Waals surface area contributed by atoms with Crippen LogP contribution in [0.4, 0.5) is 0 Å². The molecule has 0 radical (unpaired) electrons. The number of aliphatic carboxylic acids is 1. The third kappa shape index (κ3) is 3.82. The van der Waals surface area contributed by atoms with Gasteiger partial charge in [0.1, 0.15) is 0 Å². The first-order valence-corrected chi connectivity index (χ1v) is 6.07. The minimum Gasteiger partial charge on any atom is -0.481 e. The Morgan fingerprint density at radius 2 is 2.24 bits per heavy atom. The summed E-state index contributed by atoms with van der Waals surface area (Å²) in [6.45, 7) is 2.91. The molecule has 0 atom stereocenters. The number of nitrogens with zero attached hydrogens (tertiary/aromatic N) is 2. The molecule has 17 heavy (non-hydrogen) atoms. The van der Waals surface area contributed by atoms with Gasteiger partial charge in [-0.25, -0.2) is 0 Å². The van der Waals surface area contributed by atoms with Crippen LogP contribution in [0.3, 0.4) is 0 Å². The molecule has 0 unspecified atom stereocenters. The normalized spacial score (nSPS) is 18.1. The van der Waals surface area contributed by atoms with Crippen LogP contribution in [-0.4, -0.2) is 34.0 Å². The zero-order valence-electron chi connectivity index (χ0n) is 9.88. The van der Waals surface area contributed by atoms with Gasteiger partial charge in [0, 0.05) is 25.4 Å². The first kappa shape index (κ1) is 12.0. The van der Waals surface area contributed by atoms with Gasteiger partial charge in [0.05, 0.1) is 0 Å². The van der Waals surface area contributed by atoms with E-state index in [1.165, 1.54) is 5.56 Å². The number of aromatic nitrogens is 1. The second-order valence-electron chi connectivity index (χ2n) is 4.68. The van der Waals surface area contributed by atoms with Crippen LogP contribution in [0.25, 0.3) is 0 Å². The van der Waals surface area contributed by atoms with E-state index in [0.29, 0.717) is 12.3 Å². The van der Waals surface area contributed by atoms with E-state index < -0.39 is 5.97 Å². The molecule has 1 fully saturated rings. The Kier molecular flexibility index (Phi) is 4.09. The molecule has 1 aromatic heterocycles. The van der Waals surface area contributed by atoms with E-state index in [-0.39, 0.29) is 0 Å². The highest BCUT2D eigenvalue weighted by Crippen LogP contribution is 2.21. The van der Waals surface area contributed by atoms with Crippen molar-refractivity contribution in [3.63, 3.8) is 0 Å². The van der Waals surface area contributed by atoms with E-state index in [2.05, 4.69) is 16.0 Å². The summed E-state index contributed by atoms with van der Waals surface area (Å²) < 4.78 is 0. The van der Waals surface area contributed by atoms with Crippen molar-refractivity contribution < 1.29 is 9.90 Å². The van der Waals surface area contributed by atoms with E-state index in [1.807, 2.05) is 12.3 Å². The molecule has 1 aliphatic heterocycles. The maximum atomic E-state index is 10.6. The Labute approximate surface area is 101 Å². The second-order valence-corrected chi connectivity index (χ2v) is 4.68. The van der Waals surface area contributed by atoms with E-state index >= 15 is 0 Å². The molecule has 1 saturated heterocycles. The molecule has 4 heteroatoms. The standard InChI is InChI=1S/C13H18N2O2/c16-13(17)8-11-3-6-15(7-4-11)10-12-2-1-5-14-9-12/h1-2,5,9,11H,3-4,6-8,10H2,(H,16,17). The van der Waals surface area contributed by atoms with E-state index in [4.69, 9.17) is 5.11 Å². The van der Waals surface area contributed by atoms with Crippen LogP contribution in [0.2, 0.25) is 0 Å². The zero-order valence-corrected chi connectivity index (χ0v) is 9.88. The zero-order chi connectivity index (χ0) is 12.1. The SMILES string of the molecule is O=C(O)CC1CCN(Cc2cccnc2)CC1. The van der Waals surface area contributed by atoms with Gasteiger partial charge in [-0.2, -0.15) is 0 Å². The minimum absolute atomic E-state index is 0.320. The van der Waals surface area contributed by atoms with Crippen molar-refractivity contribution in [2.45, 2.75) is 25.8 Å². The Morgan fingerprint density at radius 3 is 2.82 bits per heavy atom. The molecule has 4 nitrogen and oxygen atoms in total. The maximum absolute atomic E-state index is 10.6. The molecule has 0 saturated carbocycles. The average Bonchev–Trinajstić information content (AvgIpc) is 2.32. The van der Waals surface area contributed by atoms with Crippen molar-refractivity contribution in [2.24, 2.45) is 5.92 Å². The summed E-state index contributed by atoms with van der Waals surface area (Å²) >= 11 is 0. The van der Waals surface area contributed by atoms with Crippen LogP contribution in [0, 0.1) is 5.92 Å². The number of carboxylic acids is 1. The van der Waals surface area contributed by atoms with Crippen LogP contribution >= 0.6 is 0 Å². The summed E-state index contributed by atoms with van der Waals surface area (Å²) in [4.78, 5) is 17.1. The average molecular weight is 234 g/mol. The van der Waals surface area contributed by atoms with E-state index in [1.54, 1.807) is 6.20 Å². The number of likely N-dealkylation sites (tertiary alicyclic amines) is 1. The van der Waals surface area contributed by atoms with Gasteiger partial charge >= 0.3 is 5.97 Å². The molecular formula is C13H18N2O2. The Morgan fingerprint density at radius 1 is 1.47 bits per heavy atom. The molecule has 0 amide bonds. The number of hydrogen-bond donors (Lipinski definition) is 1. The molecule has 0 bridgehead atoms. The van der Waals surface area contributed by atoms with E-state index in [0.717, 1.165) is 32.5 Å². The van der Waals surface area contributed by atoms with Crippen molar-refractivity contribution in [3.8, 4) is 0 Å². The summed E-state index contributed by atoms with van der Waals surface area (Å²) in [5, 5.41) is 8.74. The van der Waals surface area contributed by atoms with Crippen molar-refractivity contribution in [1.29, 1.82) is 0 Å². The molecule has 1 N–H and O–H groups in total. The highest BCUT2D eigenvalue weighted by molar-refractivity contribution is 5.67. The van der Waals surface area contributed by atoms with E-state index in [9.17, 15) is 4.79 Å². The van der Waals surface area contributed by atoms with Crippen molar-refractivity contribution >= 4 is 5.97 Å². The summed E-state index contributed by atoms with van der Waals surface area (Å²) in [5.41, 5.74) is 1.23. The van der Waals surface area contributed by atoms with Gasteiger partial charge < -0.3 is 5.11 Å². The summed E-state index contributed by atoms with van der Waals surface area (Å²) in [7, 11) is 0. The van der Waals surface area contributed by atoms with Gasteiger partial charge in [-0.15, -0.1) is 0 Å². The predicted octanol–water partition coefficient (Wildman–Crippen LogP) is 1.77. The Balaban J connectivity index is 1.78. The lowest BCUT2D eigenvalue weighted by atomic mass is 9.93. The van der Waals surface area contributed by atoms with Crippen LogP contribution in [0.5, 0.6) is 0 Å². The Hall–Kier alpha value is -1.42. The molecule has 92 valence electrons. The van der Waals surface area contributed by atoms with Crippen molar-refractivity contribution in [2.75, 3.05) is 13.1 Å². The van der Waals surface area contributed by atoms with Gasteiger partial charge in [0.25, 0.3) is 0 Å². The largest absolute Gasteiger partial charge is 0.481 e. The second kappa shape index (κ2) is 5.77. The predicted molar refractivity (Wildman–Crippen MR) is 64.5 cm³/mol.